The van der Waals surface area contributed by atoms with Gasteiger partial charge in [0.25, 0.3) is 0 Å². The van der Waals surface area contributed by atoms with Crippen LogP contribution in [-0.2, 0) is 11.3 Å². The quantitative estimate of drug-likeness (QED) is 0.812. The first kappa shape index (κ1) is 11.6. The summed E-state index contributed by atoms with van der Waals surface area (Å²) < 4.78 is 10.4. The lowest BCUT2D eigenvalue weighted by molar-refractivity contribution is 0.0203. The van der Waals surface area contributed by atoms with Gasteiger partial charge < -0.3 is 14.5 Å². The molecule has 1 aliphatic rings. The summed E-state index contributed by atoms with van der Waals surface area (Å²) in [5, 5.41) is 3.44. The normalized spacial score (nSPS) is 19.8. The van der Waals surface area contributed by atoms with Gasteiger partial charge in [-0.05, 0) is 13.0 Å². The maximum Gasteiger partial charge on any atom is 0.0947 e. The highest BCUT2D eigenvalue weighted by atomic mass is 16.5. The predicted molar refractivity (Wildman–Crippen MR) is 62.3 cm³/mol. The van der Waals surface area contributed by atoms with Crippen LogP contribution in [0.15, 0.2) is 23.0 Å². The largest absolute Gasteiger partial charge is 0.472 e. The van der Waals surface area contributed by atoms with Crippen LogP contribution in [0.5, 0.6) is 0 Å². The summed E-state index contributed by atoms with van der Waals surface area (Å²) in [4.78, 5) is 2.46. The van der Waals surface area contributed by atoms with Crippen molar-refractivity contribution in [1.29, 1.82) is 0 Å². The van der Waals surface area contributed by atoms with Crippen LogP contribution in [0.4, 0.5) is 0 Å². The van der Waals surface area contributed by atoms with Crippen molar-refractivity contribution in [3.8, 4) is 0 Å². The highest BCUT2D eigenvalue weighted by Gasteiger charge is 2.16. The number of morpholine rings is 1. The number of furan rings is 1. The minimum absolute atomic E-state index is 0.566. The number of rotatable bonds is 5. The van der Waals surface area contributed by atoms with E-state index in [-0.39, 0.29) is 0 Å². The minimum Gasteiger partial charge on any atom is -0.472 e. The zero-order chi connectivity index (χ0) is 11.2. The van der Waals surface area contributed by atoms with Gasteiger partial charge >= 0.3 is 0 Å². The summed E-state index contributed by atoms with van der Waals surface area (Å²) in [7, 11) is 0. The summed E-state index contributed by atoms with van der Waals surface area (Å²) >= 11 is 0. The van der Waals surface area contributed by atoms with Gasteiger partial charge in [0, 0.05) is 37.8 Å². The average Bonchev–Trinajstić information content (AvgIpc) is 2.83. The molecule has 1 N–H and O–H groups in total. The Balaban J connectivity index is 1.65. The van der Waals surface area contributed by atoms with E-state index in [0.29, 0.717) is 6.04 Å². The number of ether oxygens (including phenoxy) is 1. The highest BCUT2D eigenvalue weighted by Crippen LogP contribution is 2.03. The lowest BCUT2D eigenvalue weighted by atomic mass is 10.2. The molecule has 1 unspecified atom stereocenters. The molecule has 0 amide bonds. The van der Waals surface area contributed by atoms with E-state index < -0.39 is 0 Å². The summed E-state index contributed by atoms with van der Waals surface area (Å²) in [6, 6.07) is 2.56. The Labute approximate surface area is 96.6 Å². The molecule has 2 heterocycles. The minimum atomic E-state index is 0.566. The van der Waals surface area contributed by atoms with Gasteiger partial charge in [-0.15, -0.1) is 0 Å². The van der Waals surface area contributed by atoms with Crippen LogP contribution in [0.1, 0.15) is 12.5 Å². The summed E-state index contributed by atoms with van der Waals surface area (Å²) in [6.07, 6.45) is 3.49. The molecule has 1 atom stereocenters. The Bertz CT molecular complexity index is 281. The molecule has 90 valence electrons. The van der Waals surface area contributed by atoms with Crippen molar-refractivity contribution in [3.63, 3.8) is 0 Å². The van der Waals surface area contributed by atoms with Gasteiger partial charge in [-0.25, -0.2) is 0 Å². The zero-order valence-electron chi connectivity index (χ0n) is 9.82. The molecular weight excluding hydrogens is 204 g/mol. The zero-order valence-corrected chi connectivity index (χ0v) is 9.82. The van der Waals surface area contributed by atoms with Crippen LogP contribution >= 0.6 is 0 Å². The topological polar surface area (TPSA) is 37.6 Å². The van der Waals surface area contributed by atoms with Crippen LogP contribution in [0.3, 0.4) is 0 Å². The maximum absolute atomic E-state index is 5.34. The van der Waals surface area contributed by atoms with E-state index in [9.17, 15) is 0 Å². The van der Waals surface area contributed by atoms with E-state index in [1.165, 1.54) is 5.56 Å². The summed E-state index contributed by atoms with van der Waals surface area (Å²) in [5.41, 5.74) is 1.20. The Morgan fingerprint density at radius 1 is 1.44 bits per heavy atom. The highest BCUT2D eigenvalue weighted by molar-refractivity contribution is 5.04. The number of hydrogen-bond acceptors (Lipinski definition) is 4. The van der Waals surface area contributed by atoms with Crippen LogP contribution in [0, 0.1) is 0 Å². The van der Waals surface area contributed by atoms with E-state index in [4.69, 9.17) is 9.15 Å². The van der Waals surface area contributed by atoms with Crippen LogP contribution in [0.25, 0.3) is 0 Å². The molecule has 16 heavy (non-hydrogen) atoms. The van der Waals surface area contributed by atoms with Crippen molar-refractivity contribution in [1.82, 2.24) is 10.2 Å². The fourth-order valence-electron chi connectivity index (χ4n) is 1.97. The molecule has 2 rings (SSSR count). The number of nitrogens with zero attached hydrogens (tertiary/aromatic N) is 1. The Morgan fingerprint density at radius 3 is 2.94 bits per heavy atom. The molecule has 1 aliphatic heterocycles. The van der Waals surface area contributed by atoms with Crippen LogP contribution in [-0.4, -0.2) is 43.8 Å². The number of hydrogen-bond donors (Lipinski definition) is 1. The third kappa shape index (κ3) is 3.33. The van der Waals surface area contributed by atoms with Crippen molar-refractivity contribution < 1.29 is 9.15 Å². The van der Waals surface area contributed by atoms with E-state index in [1.807, 2.05) is 6.07 Å². The Kier molecular flexibility index (Phi) is 4.39. The second kappa shape index (κ2) is 6.03. The molecule has 4 heteroatoms. The third-order valence-corrected chi connectivity index (χ3v) is 3.02. The fraction of sp³-hybridized carbons (Fsp3) is 0.667. The van der Waals surface area contributed by atoms with E-state index in [0.717, 1.165) is 39.4 Å². The van der Waals surface area contributed by atoms with Gasteiger partial charge in [-0.1, -0.05) is 0 Å². The Morgan fingerprint density at radius 2 is 2.25 bits per heavy atom. The first-order valence-electron chi connectivity index (χ1n) is 5.90. The Hall–Kier alpha value is -0.840. The van der Waals surface area contributed by atoms with Gasteiger partial charge in [0.2, 0.25) is 0 Å². The SMILES string of the molecule is CC(CNCc1ccoc1)N1CCOCC1. The molecule has 0 spiro atoms. The average molecular weight is 224 g/mol. The molecule has 1 aromatic heterocycles. The van der Waals surface area contributed by atoms with E-state index in [2.05, 4.69) is 17.1 Å². The van der Waals surface area contributed by atoms with E-state index in [1.54, 1.807) is 12.5 Å². The molecule has 0 saturated carbocycles. The van der Waals surface area contributed by atoms with Crippen molar-refractivity contribution in [2.24, 2.45) is 0 Å². The standard InChI is InChI=1S/C12H20N2O2/c1-11(14-3-6-15-7-4-14)8-13-9-12-2-5-16-10-12/h2,5,10-11,13H,3-4,6-9H2,1H3. The molecule has 0 aromatic carbocycles. The number of nitrogens with one attached hydrogen (secondary N) is 1. The van der Waals surface area contributed by atoms with Gasteiger partial charge in [-0.2, -0.15) is 0 Å². The first-order chi connectivity index (χ1) is 7.86. The molecule has 1 fully saturated rings. The summed E-state index contributed by atoms with van der Waals surface area (Å²) in [5.74, 6) is 0. The molecular formula is C12H20N2O2. The third-order valence-electron chi connectivity index (χ3n) is 3.02. The summed E-state index contributed by atoms with van der Waals surface area (Å²) in [6.45, 7) is 7.98. The van der Waals surface area contributed by atoms with Gasteiger partial charge in [0.1, 0.15) is 0 Å². The molecule has 0 aliphatic carbocycles. The van der Waals surface area contributed by atoms with Crippen molar-refractivity contribution in [2.75, 3.05) is 32.8 Å². The van der Waals surface area contributed by atoms with Crippen LogP contribution in [0.2, 0.25) is 0 Å². The molecule has 1 saturated heterocycles. The van der Waals surface area contributed by atoms with Gasteiger partial charge in [0.05, 0.1) is 25.7 Å². The lowest BCUT2D eigenvalue weighted by Crippen LogP contribution is -2.46. The van der Waals surface area contributed by atoms with Gasteiger partial charge in [-0.3, -0.25) is 4.90 Å². The van der Waals surface area contributed by atoms with Crippen LogP contribution < -0.4 is 5.32 Å². The first-order valence-corrected chi connectivity index (χ1v) is 5.90. The van der Waals surface area contributed by atoms with E-state index >= 15 is 0 Å². The van der Waals surface area contributed by atoms with Crippen molar-refractivity contribution in [3.05, 3.63) is 24.2 Å². The monoisotopic (exact) mass is 224 g/mol. The predicted octanol–water partition coefficient (Wildman–Crippen LogP) is 1.09. The molecule has 1 aromatic rings. The second-order valence-corrected chi connectivity index (χ2v) is 4.26. The molecule has 0 radical (unpaired) electrons. The fourth-order valence-corrected chi connectivity index (χ4v) is 1.97. The van der Waals surface area contributed by atoms with Crippen molar-refractivity contribution in [2.45, 2.75) is 19.5 Å². The lowest BCUT2D eigenvalue weighted by Gasteiger charge is -2.32. The molecule has 4 nitrogen and oxygen atoms in total. The van der Waals surface area contributed by atoms with Crippen molar-refractivity contribution >= 4 is 0 Å². The smallest absolute Gasteiger partial charge is 0.0947 e. The second-order valence-electron chi connectivity index (χ2n) is 4.26. The molecule has 0 bridgehead atoms. The van der Waals surface area contributed by atoms with Gasteiger partial charge in [0.15, 0.2) is 0 Å². The maximum atomic E-state index is 5.34.